The van der Waals surface area contributed by atoms with Crippen molar-refractivity contribution in [3.05, 3.63) is 23.3 Å². The van der Waals surface area contributed by atoms with Crippen LogP contribution in [-0.4, -0.2) is 22.4 Å². The largest absolute Gasteiger partial charge is 0.393 e. The smallest absolute Gasteiger partial charge is 0.0634 e. The molecule has 128 valence electrons. The second kappa shape index (κ2) is 5.61. The van der Waals surface area contributed by atoms with Crippen molar-refractivity contribution >= 4 is 11.6 Å². The summed E-state index contributed by atoms with van der Waals surface area (Å²) in [5.74, 6) is 1.94. The van der Waals surface area contributed by atoms with Crippen LogP contribution in [0.4, 0.5) is 0 Å². The van der Waals surface area contributed by atoms with Gasteiger partial charge in [-0.15, -0.1) is 0 Å². The second-order valence-electron chi connectivity index (χ2n) is 8.69. The zero-order valence-electron chi connectivity index (χ0n) is 14.0. The Kier molecular flexibility index (Phi) is 3.94. The Hall–Kier alpha value is -0.310. The van der Waals surface area contributed by atoms with E-state index in [2.05, 4.69) is 19.1 Å². The summed E-state index contributed by atoms with van der Waals surface area (Å²) in [5.41, 5.74) is 3.34. The molecule has 0 aromatic rings. The van der Waals surface area contributed by atoms with Gasteiger partial charge in [0.15, 0.2) is 0 Å². The number of aliphatic hydroxyl groups excluding tert-OH is 2. The highest BCUT2D eigenvalue weighted by Gasteiger charge is 2.59. The van der Waals surface area contributed by atoms with E-state index in [1.54, 1.807) is 5.54 Å². The lowest BCUT2D eigenvalue weighted by molar-refractivity contribution is -0.0564. The summed E-state index contributed by atoms with van der Waals surface area (Å²) < 4.78 is 0. The first-order valence-electron chi connectivity index (χ1n) is 9.35. The van der Waals surface area contributed by atoms with E-state index < -0.39 is 0 Å². The van der Waals surface area contributed by atoms with Crippen LogP contribution in [0, 0.1) is 28.6 Å². The highest BCUT2D eigenvalue weighted by Crippen LogP contribution is 2.65. The molecule has 3 heteroatoms. The normalized spacial score (nSPS) is 52.7. The summed E-state index contributed by atoms with van der Waals surface area (Å²) in [7, 11) is 0. The minimum Gasteiger partial charge on any atom is -0.393 e. The maximum Gasteiger partial charge on any atom is 0.0634 e. The third-order valence-electron chi connectivity index (χ3n) is 8.00. The van der Waals surface area contributed by atoms with Crippen molar-refractivity contribution in [2.75, 3.05) is 0 Å². The van der Waals surface area contributed by atoms with Gasteiger partial charge in [0.1, 0.15) is 0 Å². The molecule has 2 nitrogen and oxygen atoms in total. The van der Waals surface area contributed by atoms with Gasteiger partial charge >= 0.3 is 0 Å². The fourth-order valence-electron chi connectivity index (χ4n) is 6.78. The summed E-state index contributed by atoms with van der Waals surface area (Å²) in [6, 6.07) is 0. The van der Waals surface area contributed by atoms with Crippen LogP contribution < -0.4 is 0 Å². The van der Waals surface area contributed by atoms with Crippen LogP contribution in [0.2, 0.25) is 0 Å². The molecule has 0 unspecified atom stereocenters. The first-order chi connectivity index (χ1) is 11.0. The second-order valence-corrected chi connectivity index (χ2v) is 8.94. The predicted molar refractivity (Wildman–Crippen MR) is 93.0 cm³/mol. The molecule has 0 spiro atoms. The summed E-state index contributed by atoms with van der Waals surface area (Å²) in [6.45, 7) is 2.44. The average molecular weight is 337 g/mol. The molecule has 0 radical (unpaired) electrons. The number of hydrogen-bond donors (Lipinski definition) is 2. The van der Waals surface area contributed by atoms with Crippen molar-refractivity contribution < 1.29 is 10.2 Å². The van der Waals surface area contributed by atoms with Crippen molar-refractivity contribution in [1.29, 1.82) is 0 Å². The average Bonchev–Trinajstić information content (AvgIpc) is 2.86. The molecule has 0 amide bonds. The minimum absolute atomic E-state index is 0.0845. The molecule has 0 aromatic carbocycles. The number of allylic oxidation sites excluding steroid dienone is 1. The number of aliphatic hydroxyl groups is 2. The topological polar surface area (TPSA) is 40.5 Å². The first kappa shape index (κ1) is 16.2. The molecule has 2 N–H and O–H groups in total. The van der Waals surface area contributed by atoms with E-state index in [-0.39, 0.29) is 23.0 Å². The Morgan fingerprint density at radius 2 is 1.96 bits per heavy atom. The fourth-order valence-corrected chi connectivity index (χ4v) is 7.01. The highest BCUT2D eigenvalue weighted by atomic mass is 35.5. The lowest BCUT2D eigenvalue weighted by atomic mass is 9.47. The van der Waals surface area contributed by atoms with E-state index in [1.807, 2.05) is 0 Å². The van der Waals surface area contributed by atoms with Gasteiger partial charge in [0.25, 0.3) is 0 Å². The molecular weight excluding hydrogens is 308 g/mol. The third kappa shape index (κ3) is 2.21. The van der Waals surface area contributed by atoms with Gasteiger partial charge in [-0.05, 0) is 74.5 Å². The molecule has 0 bridgehead atoms. The molecule has 0 heterocycles. The van der Waals surface area contributed by atoms with Crippen LogP contribution >= 0.6 is 11.6 Å². The summed E-state index contributed by atoms with van der Waals surface area (Å²) in [5, 5.41) is 20.7. The molecule has 4 rings (SSSR count). The molecule has 7 atom stereocenters. The summed E-state index contributed by atoms with van der Waals surface area (Å²) in [6.07, 6.45) is 12.5. The number of halogens is 1. The van der Waals surface area contributed by atoms with Gasteiger partial charge in [0, 0.05) is 11.0 Å². The fraction of sp³-hybridized carbons (Fsp3) is 0.800. The van der Waals surface area contributed by atoms with E-state index in [4.69, 9.17) is 11.6 Å². The minimum atomic E-state index is -0.227. The number of hydrogen-bond acceptors (Lipinski definition) is 2. The Morgan fingerprint density at radius 3 is 2.74 bits per heavy atom. The Bertz CT molecular complexity index is 542. The van der Waals surface area contributed by atoms with Gasteiger partial charge in [-0.1, -0.05) is 36.2 Å². The Balaban J connectivity index is 1.69. The lowest BCUT2D eigenvalue weighted by Gasteiger charge is -2.57. The van der Waals surface area contributed by atoms with Crippen LogP contribution in [0.15, 0.2) is 23.3 Å². The molecule has 4 aliphatic rings. The van der Waals surface area contributed by atoms with Gasteiger partial charge in [-0.3, -0.25) is 0 Å². The van der Waals surface area contributed by atoms with Gasteiger partial charge < -0.3 is 10.2 Å². The van der Waals surface area contributed by atoms with Crippen molar-refractivity contribution in [1.82, 2.24) is 0 Å². The van der Waals surface area contributed by atoms with Crippen LogP contribution in [-0.2, 0) is 0 Å². The predicted octanol–water partition coefficient (Wildman–Crippen LogP) is 4.40. The van der Waals surface area contributed by atoms with Gasteiger partial charge in [0.2, 0.25) is 0 Å². The molecule has 0 aromatic heterocycles. The molecule has 3 saturated carbocycles. The number of fused-ring (bicyclic) bond motifs is 5. The zero-order valence-corrected chi connectivity index (χ0v) is 14.8. The van der Waals surface area contributed by atoms with Crippen LogP contribution in [0.5, 0.6) is 0 Å². The van der Waals surface area contributed by atoms with Crippen LogP contribution in [0.3, 0.4) is 0 Å². The molecule has 3 fully saturated rings. The molecule has 0 saturated heterocycles. The standard InChI is InChI=1S/C20H29ClO2/c1-19-8-6-14(22)12-13(19)2-3-15-16(19)7-9-20(10-11-21)17(15)4-5-18(20)23/h2,10-11,14-18,22-23H,3-9,12H2,1H3/t14-,15+,16-,17-,18-,19-,20+/m0/s1. The maximum atomic E-state index is 10.7. The highest BCUT2D eigenvalue weighted by molar-refractivity contribution is 6.25. The number of rotatable bonds is 1. The van der Waals surface area contributed by atoms with Gasteiger partial charge in [0.05, 0.1) is 12.2 Å². The molecule has 4 aliphatic carbocycles. The maximum absolute atomic E-state index is 10.7. The van der Waals surface area contributed by atoms with E-state index >= 15 is 0 Å². The lowest BCUT2D eigenvalue weighted by Crippen LogP contribution is -2.51. The third-order valence-corrected chi connectivity index (χ3v) is 8.12. The quantitative estimate of drug-likeness (QED) is 0.696. The Labute approximate surface area is 144 Å². The zero-order chi connectivity index (χ0) is 16.2. The van der Waals surface area contributed by atoms with Crippen molar-refractivity contribution in [3.8, 4) is 0 Å². The van der Waals surface area contributed by atoms with Crippen molar-refractivity contribution in [3.63, 3.8) is 0 Å². The van der Waals surface area contributed by atoms with Crippen molar-refractivity contribution in [2.45, 2.75) is 70.5 Å². The van der Waals surface area contributed by atoms with E-state index in [9.17, 15) is 10.2 Å². The molecule has 23 heavy (non-hydrogen) atoms. The van der Waals surface area contributed by atoms with Crippen LogP contribution in [0.1, 0.15) is 58.3 Å². The first-order valence-corrected chi connectivity index (χ1v) is 9.78. The summed E-state index contributed by atoms with van der Waals surface area (Å²) in [4.78, 5) is 0. The van der Waals surface area contributed by atoms with Crippen LogP contribution in [0.25, 0.3) is 0 Å². The summed E-state index contributed by atoms with van der Waals surface area (Å²) >= 11 is 5.96. The molecule has 0 aliphatic heterocycles. The van der Waals surface area contributed by atoms with Gasteiger partial charge in [-0.2, -0.15) is 0 Å². The monoisotopic (exact) mass is 336 g/mol. The van der Waals surface area contributed by atoms with Gasteiger partial charge in [-0.25, -0.2) is 0 Å². The molecular formula is C20H29ClO2. The SMILES string of the molecule is C[C@]12CC[C@H](O)CC1=CC[C@H]1[C@@H]3CC[C@H](O)[C@@]3(C=CCl)CC[C@@H]12. The Morgan fingerprint density at radius 1 is 1.13 bits per heavy atom. The van der Waals surface area contributed by atoms with E-state index in [0.717, 1.165) is 44.9 Å². The van der Waals surface area contributed by atoms with E-state index in [0.29, 0.717) is 17.8 Å². The van der Waals surface area contributed by atoms with E-state index in [1.165, 1.54) is 12.0 Å². The van der Waals surface area contributed by atoms with Crippen molar-refractivity contribution in [2.24, 2.45) is 28.6 Å².